The Balaban J connectivity index is 1.93. The van der Waals surface area contributed by atoms with E-state index >= 15 is 0 Å². The maximum atomic E-state index is 5.36. The Labute approximate surface area is 103 Å². The zero-order valence-electron chi connectivity index (χ0n) is 10.7. The fourth-order valence-electron chi connectivity index (χ4n) is 2.21. The van der Waals surface area contributed by atoms with Crippen molar-refractivity contribution in [3.05, 3.63) is 12.4 Å². The van der Waals surface area contributed by atoms with E-state index in [1.54, 1.807) is 0 Å². The smallest absolute Gasteiger partial charge is 0.203 e. The van der Waals surface area contributed by atoms with E-state index < -0.39 is 0 Å². The van der Waals surface area contributed by atoms with Crippen LogP contribution in [0.3, 0.4) is 0 Å². The molecule has 0 spiro atoms. The molecule has 0 saturated carbocycles. The summed E-state index contributed by atoms with van der Waals surface area (Å²) < 4.78 is 7.57. The van der Waals surface area contributed by atoms with Crippen LogP contribution in [0.1, 0.15) is 19.9 Å². The summed E-state index contributed by atoms with van der Waals surface area (Å²) in [7, 11) is 0. The average Bonchev–Trinajstić information content (AvgIpc) is 2.79. The lowest BCUT2D eigenvalue weighted by atomic mass is 10.3. The molecule has 1 atom stereocenters. The highest BCUT2D eigenvalue weighted by Gasteiger charge is 2.16. The summed E-state index contributed by atoms with van der Waals surface area (Å²) >= 11 is 0. The summed E-state index contributed by atoms with van der Waals surface area (Å²) in [6.07, 6.45) is 3.90. The van der Waals surface area contributed by atoms with Gasteiger partial charge in [0, 0.05) is 44.6 Å². The summed E-state index contributed by atoms with van der Waals surface area (Å²) in [4.78, 5) is 6.78. The number of hydrogen-bond acceptors (Lipinski definition) is 4. The molecule has 1 aliphatic rings. The molecular formula is C12H22N4O. The molecule has 0 amide bonds. The molecule has 1 unspecified atom stereocenters. The minimum Gasteiger partial charge on any atom is -0.379 e. The van der Waals surface area contributed by atoms with Gasteiger partial charge in [-0.05, 0) is 13.8 Å². The average molecular weight is 238 g/mol. The van der Waals surface area contributed by atoms with Gasteiger partial charge in [0.1, 0.15) is 0 Å². The van der Waals surface area contributed by atoms with Gasteiger partial charge in [0.15, 0.2) is 0 Å². The molecule has 1 N–H and O–H groups in total. The fourth-order valence-corrected chi connectivity index (χ4v) is 2.21. The third-order valence-corrected chi connectivity index (χ3v) is 3.10. The zero-order valence-corrected chi connectivity index (χ0v) is 10.7. The van der Waals surface area contributed by atoms with Crippen LogP contribution in [0.5, 0.6) is 0 Å². The number of nitrogens with zero attached hydrogens (tertiary/aromatic N) is 3. The minimum absolute atomic E-state index is 0.435. The van der Waals surface area contributed by atoms with Gasteiger partial charge in [0.2, 0.25) is 5.95 Å². The van der Waals surface area contributed by atoms with Gasteiger partial charge in [0.05, 0.1) is 13.2 Å². The van der Waals surface area contributed by atoms with Gasteiger partial charge < -0.3 is 14.6 Å². The summed E-state index contributed by atoms with van der Waals surface area (Å²) in [6.45, 7) is 10.1. The van der Waals surface area contributed by atoms with Crippen molar-refractivity contribution in [1.29, 1.82) is 0 Å². The number of hydrogen-bond donors (Lipinski definition) is 1. The molecule has 1 aromatic heterocycles. The summed E-state index contributed by atoms with van der Waals surface area (Å²) in [6, 6.07) is 0.435. The van der Waals surface area contributed by atoms with Crippen molar-refractivity contribution in [3.8, 4) is 0 Å². The lowest BCUT2D eigenvalue weighted by Gasteiger charge is -2.30. The predicted octanol–water partition coefficient (Wildman–Crippen LogP) is 1.21. The van der Waals surface area contributed by atoms with E-state index in [0.717, 1.165) is 45.3 Å². The molecule has 5 heteroatoms. The first kappa shape index (κ1) is 12.4. The van der Waals surface area contributed by atoms with Crippen molar-refractivity contribution in [2.24, 2.45) is 0 Å². The maximum absolute atomic E-state index is 5.36. The number of aromatic nitrogens is 2. The number of morpholine rings is 1. The van der Waals surface area contributed by atoms with E-state index in [1.165, 1.54) is 0 Å². The number of rotatable bonds is 5. The van der Waals surface area contributed by atoms with Gasteiger partial charge >= 0.3 is 0 Å². The Morgan fingerprint density at radius 2 is 2.24 bits per heavy atom. The topological polar surface area (TPSA) is 42.3 Å². The van der Waals surface area contributed by atoms with Crippen molar-refractivity contribution in [2.45, 2.75) is 19.9 Å². The van der Waals surface area contributed by atoms with Gasteiger partial charge in [-0.2, -0.15) is 0 Å². The van der Waals surface area contributed by atoms with Crippen LogP contribution in [0, 0.1) is 0 Å². The van der Waals surface area contributed by atoms with Crippen molar-refractivity contribution in [3.63, 3.8) is 0 Å². The van der Waals surface area contributed by atoms with E-state index in [-0.39, 0.29) is 0 Å². The second kappa shape index (κ2) is 6.02. The number of nitrogens with one attached hydrogen (secondary N) is 1. The van der Waals surface area contributed by atoms with E-state index in [1.807, 2.05) is 12.4 Å². The predicted molar refractivity (Wildman–Crippen MR) is 68.4 cm³/mol. The summed E-state index contributed by atoms with van der Waals surface area (Å²) in [5.74, 6) is 0.966. The van der Waals surface area contributed by atoms with Crippen LogP contribution in [0.25, 0.3) is 0 Å². The molecule has 0 radical (unpaired) electrons. The van der Waals surface area contributed by atoms with E-state index in [9.17, 15) is 0 Å². The molecule has 0 aromatic carbocycles. The molecule has 1 saturated heterocycles. The van der Waals surface area contributed by atoms with Gasteiger partial charge in [-0.3, -0.25) is 4.90 Å². The first-order chi connectivity index (χ1) is 8.31. The normalized spacial score (nSPS) is 19.2. The summed E-state index contributed by atoms with van der Waals surface area (Å²) in [5.41, 5.74) is 0. The molecule has 96 valence electrons. The third-order valence-electron chi connectivity index (χ3n) is 3.10. The lowest BCUT2D eigenvalue weighted by Crippen LogP contribution is -2.39. The second-order valence-electron chi connectivity index (χ2n) is 4.45. The lowest BCUT2D eigenvalue weighted by molar-refractivity contribution is 0.0327. The van der Waals surface area contributed by atoms with Crippen molar-refractivity contribution in [1.82, 2.24) is 14.5 Å². The van der Waals surface area contributed by atoms with E-state index in [4.69, 9.17) is 4.74 Å². The highest BCUT2D eigenvalue weighted by molar-refractivity contribution is 5.26. The first-order valence-electron chi connectivity index (χ1n) is 6.38. The van der Waals surface area contributed by atoms with E-state index in [2.05, 4.69) is 33.6 Å². The molecule has 0 aliphatic carbocycles. The highest BCUT2D eigenvalue weighted by atomic mass is 16.5. The van der Waals surface area contributed by atoms with Crippen molar-refractivity contribution >= 4 is 5.95 Å². The number of ether oxygens (including phenoxy) is 1. The molecule has 2 heterocycles. The van der Waals surface area contributed by atoms with E-state index in [0.29, 0.717) is 6.04 Å². The minimum atomic E-state index is 0.435. The van der Waals surface area contributed by atoms with Crippen LogP contribution < -0.4 is 5.32 Å². The first-order valence-corrected chi connectivity index (χ1v) is 6.38. The Morgan fingerprint density at radius 3 is 2.94 bits per heavy atom. The molecule has 0 bridgehead atoms. The second-order valence-corrected chi connectivity index (χ2v) is 4.45. The van der Waals surface area contributed by atoms with Gasteiger partial charge in [-0.1, -0.05) is 0 Å². The monoisotopic (exact) mass is 238 g/mol. The van der Waals surface area contributed by atoms with Crippen molar-refractivity contribution in [2.75, 3.05) is 44.7 Å². The maximum Gasteiger partial charge on any atom is 0.203 e. The van der Waals surface area contributed by atoms with Gasteiger partial charge in [-0.25, -0.2) is 4.98 Å². The van der Waals surface area contributed by atoms with Crippen LogP contribution in [0.2, 0.25) is 0 Å². The Kier molecular flexibility index (Phi) is 4.39. The summed E-state index contributed by atoms with van der Waals surface area (Å²) in [5, 5.41) is 3.28. The zero-order chi connectivity index (χ0) is 12.1. The van der Waals surface area contributed by atoms with Crippen LogP contribution >= 0.6 is 0 Å². The van der Waals surface area contributed by atoms with Gasteiger partial charge in [-0.15, -0.1) is 0 Å². The quantitative estimate of drug-likeness (QED) is 0.837. The fraction of sp³-hybridized carbons (Fsp3) is 0.750. The molecule has 2 rings (SSSR count). The van der Waals surface area contributed by atoms with Crippen molar-refractivity contribution < 1.29 is 4.74 Å². The third kappa shape index (κ3) is 3.20. The van der Waals surface area contributed by atoms with Crippen LogP contribution in [-0.2, 0) is 4.74 Å². The molecular weight excluding hydrogens is 216 g/mol. The molecule has 5 nitrogen and oxygen atoms in total. The van der Waals surface area contributed by atoms with Crippen LogP contribution in [0.15, 0.2) is 12.4 Å². The standard InChI is InChI=1S/C12H22N4O/c1-3-13-12-14-4-5-16(12)11(2)10-15-6-8-17-9-7-15/h4-5,11H,3,6-10H2,1-2H3,(H,13,14). The highest BCUT2D eigenvalue weighted by Crippen LogP contribution is 2.15. The molecule has 1 aliphatic heterocycles. The number of anilines is 1. The largest absolute Gasteiger partial charge is 0.379 e. The van der Waals surface area contributed by atoms with Crippen LogP contribution in [-0.4, -0.2) is 53.8 Å². The van der Waals surface area contributed by atoms with Gasteiger partial charge in [0.25, 0.3) is 0 Å². The molecule has 17 heavy (non-hydrogen) atoms. The molecule has 1 fully saturated rings. The Bertz CT molecular complexity index is 333. The number of imidazole rings is 1. The SMILES string of the molecule is CCNc1nccn1C(C)CN1CCOCC1. The molecule has 1 aromatic rings. The Morgan fingerprint density at radius 1 is 1.47 bits per heavy atom. The van der Waals surface area contributed by atoms with Crippen LogP contribution in [0.4, 0.5) is 5.95 Å². The Hall–Kier alpha value is -1.07.